The summed E-state index contributed by atoms with van der Waals surface area (Å²) in [4.78, 5) is 28.9. The summed E-state index contributed by atoms with van der Waals surface area (Å²) >= 11 is 0. The van der Waals surface area contributed by atoms with E-state index in [0.717, 1.165) is 9.25 Å². The summed E-state index contributed by atoms with van der Waals surface area (Å²) in [6.07, 6.45) is 1.18. The second kappa shape index (κ2) is 7.32. The molecule has 0 aliphatic carbocycles. The zero-order valence-corrected chi connectivity index (χ0v) is 15.0. The highest BCUT2D eigenvalue weighted by atomic mass is 19.1. The summed E-state index contributed by atoms with van der Waals surface area (Å²) < 4.78 is 21.3. The van der Waals surface area contributed by atoms with Crippen molar-refractivity contribution in [1.29, 1.82) is 5.26 Å². The highest BCUT2D eigenvalue weighted by Crippen LogP contribution is 2.24. The maximum atomic E-state index is 14.3. The lowest BCUT2D eigenvalue weighted by atomic mass is 10.1. The Morgan fingerprint density at radius 3 is 2.75 bits per heavy atom. The standard InChI is InChI=1S/C18H15FN6O3/c1-3-28-17(27)12-9-22-25(15(12)21)18-23-14(10-6-4-5-7-13(10)19)11(8-20)16(26)24(18)2/h4-7,9H,3,21H2,1-2H3. The van der Waals surface area contributed by atoms with E-state index in [1.807, 2.05) is 0 Å². The van der Waals surface area contributed by atoms with Gasteiger partial charge in [-0.05, 0) is 19.1 Å². The quantitative estimate of drug-likeness (QED) is 0.675. The minimum absolute atomic E-state index is 0.00657. The van der Waals surface area contributed by atoms with Gasteiger partial charge in [0.05, 0.1) is 12.8 Å². The van der Waals surface area contributed by atoms with Gasteiger partial charge < -0.3 is 10.5 Å². The third-order valence-electron chi connectivity index (χ3n) is 4.00. The molecular formula is C18H15FN6O3. The van der Waals surface area contributed by atoms with E-state index in [0.29, 0.717) is 0 Å². The molecule has 0 aliphatic rings. The number of esters is 1. The molecule has 0 atom stereocenters. The normalized spacial score (nSPS) is 10.5. The molecule has 0 spiro atoms. The van der Waals surface area contributed by atoms with Gasteiger partial charge in [0.15, 0.2) is 0 Å². The van der Waals surface area contributed by atoms with Crippen LogP contribution >= 0.6 is 0 Å². The molecule has 28 heavy (non-hydrogen) atoms. The number of nitrogen functional groups attached to an aromatic ring is 1. The molecule has 2 aromatic heterocycles. The Bertz CT molecular complexity index is 1180. The molecule has 0 aliphatic heterocycles. The maximum Gasteiger partial charge on any atom is 0.343 e. The van der Waals surface area contributed by atoms with Crippen molar-refractivity contribution in [1.82, 2.24) is 19.3 Å². The van der Waals surface area contributed by atoms with Crippen LogP contribution in [0.3, 0.4) is 0 Å². The highest BCUT2D eigenvalue weighted by Gasteiger charge is 2.23. The van der Waals surface area contributed by atoms with Crippen LogP contribution in [0.2, 0.25) is 0 Å². The molecule has 10 heteroatoms. The van der Waals surface area contributed by atoms with Crippen LogP contribution in [0.5, 0.6) is 0 Å². The van der Waals surface area contributed by atoms with Gasteiger partial charge in [-0.1, -0.05) is 12.1 Å². The molecule has 142 valence electrons. The molecular weight excluding hydrogens is 367 g/mol. The number of nitrogens with two attached hydrogens (primary N) is 1. The summed E-state index contributed by atoms with van der Waals surface area (Å²) in [6.45, 7) is 1.79. The largest absolute Gasteiger partial charge is 0.462 e. The number of ether oxygens (including phenoxy) is 1. The number of hydrogen-bond acceptors (Lipinski definition) is 7. The van der Waals surface area contributed by atoms with Gasteiger partial charge in [0.25, 0.3) is 5.56 Å². The number of benzene rings is 1. The molecule has 0 bridgehead atoms. The van der Waals surface area contributed by atoms with E-state index in [2.05, 4.69) is 10.1 Å². The van der Waals surface area contributed by atoms with Crippen LogP contribution in [0.25, 0.3) is 17.2 Å². The Hall–Kier alpha value is -4.00. The Kier molecular flexibility index (Phi) is 4.91. The van der Waals surface area contributed by atoms with E-state index < -0.39 is 17.3 Å². The minimum Gasteiger partial charge on any atom is -0.462 e. The van der Waals surface area contributed by atoms with Gasteiger partial charge in [0.1, 0.15) is 34.5 Å². The van der Waals surface area contributed by atoms with Crippen LogP contribution < -0.4 is 11.3 Å². The van der Waals surface area contributed by atoms with Crippen molar-refractivity contribution < 1.29 is 13.9 Å². The average molecular weight is 382 g/mol. The van der Waals surface area contributed by atoms with Crippen LogP contribution in [0.1, 0.15) is 22.8 Å². The zero-order chi connectivity index (χ0) is 20.4. The number of carbonyl (C=O) groups excluding carboxylic acids is 1. The summed E-state index contributed by atoms with van der Waals surface area (Å²) in [7, 11) is 1.36. The molecule has 1 aromatic carbocycles. The zero-order valence-electron chi connectivity index (χ0n) is 15.0. The molecule has 0 saturated heterocycles. The second-order valence-corrected chi connectivity index (χ2v) is 5.67. The second-order valence-electron chi connectivity index (χ2n) is 5.67. The van der Waals surface area contributed by atoms with Gasteiger partial charge in [0, 0.05) is 12.6 Å². The van der Waals surface area contributed by atoms with E-state index in [1.54, 1.807) is 19.1 Å². The Morgan fingerprint density at radius 1 is 1.39 bits per heavy atom. The fourth-order valence-corrected chi connectivity index (χ4v) is 2.61. The number of rotatable bonds is 4. The Balaban J connectivity index is 2.28. The first kappa shape index (κ1) is 18.8. The number of aromatic nitrogens is 4. The summed E-state index contributed by atoms with van der Waals surface area (Å²) in [6, 6.07) is 7.39. The maximum absolute atomic E-state index is 14.3. The average Bonchev–Trinajstić information content (AvgIpc) is 3.06. The van der Waals surface area contributed by atoms with Crippen molar-refractivity contribution in [2.24, 2.45) is 7.05 Å². The summed E-state index contributed by atoms with van der Waals surface area (Å²) in [5, 5.41) is 13.4. The molecule has 9 nitrogen and oxygen atoms in total. The molecule has 0 radical (unpaired) electrons. The number of carbonyl (C=O) groups is 1. The topological polar surface area (TPSA) is 129 Å². The third kappa shape index (κ3) is 2.99. The fourth-order valence-electron chi connectivity index (χ4n) is 2.61. The molecule has 3 aromatic rings. The smallest absolute Gasteiger partial charge is 0.343 e. The van der Waals surface area contributed by atoms with E-state index in [1.165, 1.54) is 31.4 Å². The van der Waals surface area contributed by atoms with Crippen LogP contribution in [-0.4, -0.2) is 31.9 Å². The van der Waals surface area contributed by atoms with Crippen molar-refractivity contribution >= 4 is 11.8 Å². The number of halogens is 1. The first-order chi connectivity index (χ1) is 13.4. The monoisotopic (exact) mass is 382 g/mol. The Labute approximate surface area is 158 Å². The molecule has 0 fully saturated rings. The molecule has 0 saturated carbocycles. The molecule has 0 amide bonds. The van der Waals surface area contributed by atoms with Crippen LogP contribution in [0, 0.1) is 17.1 Å². The van der Waals surface area contributed by atoms with Crippen molar-refractivity contribution in [3.63, 3.8) is 0 Å². The Morgan fingerprint density at radius 2 is 2.11 bits per heavy atom. The molecule has 3 rings (SSSR count). The van der Waals surface area contributed by atoms with E-state index in [9.17, 15) is 19.2 Å². The number of hydrogen-bond donors (Lipinski definition) is 1. The van der Waals surface area contributed by atoms with Crippen molar-refractivity contribution in [3.8, 4) is 23.3 Å². The predicted molar refractivity (Wildman–Crippen MR) is 97.1 cm³/mol. The lowest BCUT2D eigenvalue weighted by Crippen LogP contribution is -2.27. The number of nitriles is 1. The van der Waals surface area contributed by atoms with E-state index >= 15 is 0 Å². The minimum atomic E-state index is -0.710. The van der Waals surface area contributed by atoms with Crippen LogP contribution in [0.15, 0.2) is 35.3 Å². The number of nitrogens with zero attached hydrogens (tertiary/aromatic N) is 5. The van der Waals surface area contributed by atoms with Crippen LogP contribution in [-0.2, 0) is 11.8 Å². The lowest BCUT2D eigenvalue weighted by Gasteiger charge is -2.13. The third-order valence-corrected chi connectivity index (χ3v) is 4.00. The van der Waals surface area contributed by atoms with Crippen molar-refractivity contribution in [2.45, 2.75) is 6.92 Å². The van der Waals surface area contributed by atoms with Gasteiger partial charge in [-0.2, -0.15) is 15.0 Å². The predicted octanol–water partition coefficient (Wildman–Crippen LogP) is 1.40. The molecule has 0 unspecified atom stereocenters. The van der Waals surface area contributed by atoms with Crippen molar-refractivity contribution in [2.75, 3.05) is 12.3 Å². The first-order valence-corrected chi connectivity index (χ1v) is 8.17. The van der Waals surface area contributed by atoms with Crippen molar-refractivity contribution in [3.05, 3.63) is 57.8 Å². The molecule has 2 heterocycles. The summed E-state index contributed by atoms with van der Waals surface area (Å²) in [5.41, 5.74) is 4.77. The van der Waals surface area contributed by atoms with Gasteiger partial charge in [-0.3, -0.25) is 9.36 Å². The first-order valence-electron chi connectivity index (χ1n) is 8.17. The van der Waals surface area contributed by atoms with Crippen LogP contribution in [0.4, 0.5) is 10.2 Å². The van der Waals surface area contributed by atoms with Gasteiger partial charge in [-0.25, -0.2) is 14.2 Å². The highest BCUT2D eigenvalue weighted by molar-refractivity contribution is 5.94. The number of anilines is 1. The SMILES string of the molecule is CCOC(=O)c1cnn(-c2nc(-c3ccccc3F)c(C#N)c(=O)n2C)c1N. The van der Waals surface area contributed by atoms with E-state index in [-0.39, 0.29) is 40.8 Å². The van der Waals surface area contributed by atoms with Gasteiger partial charge >= 0.3 is 5.97 Å². The fraction of sp³-hybridized carbons (Fsp3) is 0.167. The lowest BCUT2D eigenvalue weighted by molar-refractivity contribution is 0.0527. The van der Waals surface area contributed by atoms with Gasteiger partial charge in [0.2, 0.25) is 5.95 Å². The van der Waals surface area contributed by atoms with E-state index in [4.69, 9.17) is 10.5 Å². The summed E-state index contributed by atoms with van der Waals surface area (Å²) in [5.74, 6) is -1.52. The van der Waals surface area contributed by atoms with Gasteiger partial charge in [-0.15, -0.1) is 0 Å². The molecule has 2 N–H and O–H groups in total.